The second-order valence-electron chi connectivity index (χ2n) is 7.05. The number of amides is 1. The summed E-state index contributed by atoms with van der Waals surface area (Å²) in [5.74, 6) is 1.18. The van der Waals surface area contributed by atoms with E-state index in [1.165, 1.54) is 0 Å². The molecule has 7 nitrogen and oxygen atoms in total. The van der Waals surface area contributed by atoms with Crippen LogP contribution in [-0.4, -0.2) is 50.4 Å². The van der Waals surface area contributed by atoms with Crippen molar-refractivity contribution < 1.29 is 4.79 Å². The largest absolute Gasteiger partial charge is 0.347 e. The van der Waals surface area contributed by atoms with Gasteiger partial charge in [-0.2, -0.15) is 0 Å². The van der Waals surface area contributed by atoms with Gasteiger partial charge >= 0.3 is 0 Å². The molecule has 4 rings (SSSR count). The zero-order valence-corrected chi connectivity index (χ0v) is 14.8. The SMILES string of the molecule is Cc1cc(C)nc(N2CCC(C(=O)N3CCc4nc[nH]c4C3)CC2)n1. The molecule has 0 unspecified atom stereocenters. The zero-order chi connectivity index (χ0) is 17.4. The molecule has 1 amide bonds. The van der Waals surface area contributed by atoms with Gasteiger partial charge in [-0.3, -0.25) is 4.79 Å². The topological polar surface area (TPSA) is 78.0 Å². The molecule has 0 saturated carbocycles. The summed E-state index contributed by atoms with van der Waals surface area (Å²) in [6.07, 6.45) is 4.30. The molecule has 2 aromatic heterocycles. The minimum Gasteiger partial charge on any atom is -0.347 e. The molecule has 1 saturated heterocycles. The summed E-state index contributed by atoms with van der Waals surface area (Å²) in [4.78, 5) is 33.6. The van der Waals surface area contributed by atoms with Crippen molar-refractivity contribution in [1.29, 1.82) is 0 Å². The van der Waals surface area contributed by atoms with Gasteiger partial charge in [0.1, 0.15) is 0 Å². The van der Waals surface area contributed by atoms with Gasteiger partial charge in [0.05, 0.1) is 24.3 Å². The summed E-state index contributed by atoms with van der Waals surface area (Å²) >= 11 is 0. The van der Waals surface area contributed by atoms with Crippen LogP contribution >= 0.6 is 0 Å². The maximum Gasteiger partial charge on any atom is 0.226 e. The first-order valence-electron chi connectivity index (χ1n) is 8.97. The number of hydrogen-bond acceptors (Lipinski definition) is 5. The van der Waals surface area contributed by atoms with Crippen molar-refractivity contribution in [1.82, 2.24) is 24.8 Å². The lowest BCUT2D eigenvalue weighted by Gasteiger charge is -2.35. The van der Waals surface area contributed by atoms with E-state index in [1.54, 1.807) is 6.33 Å². The van der Waals surface area contributed by atoms with Gasteiger partial charge in [-0.15, -0.1) is 0 Å². The highest BCUT2D eigenvalue weighted by Gasteiger charge is 2.31. The number of carbonyl (C=O) groups excluding carboxylic acids is 1. The Morgan fingerprint density at radius 1 is 1.16 bits per heavy atom. The Bertz CT molecular complexity index is 757. The molecule has 25 heavy (non-hydrogen) atoms. The summed E-state index contributed by atoms with van der Waals surface area (Å²) in [5.41, 5.74) is 4.17. The van der Waals surface area contributed by atoms with Gasteiger partial charge in [0.25, 0.3) is 0 Å². The lowest BCUT2D eigenvalue weighted by molar-refractivity contribution is -0.137. The Morgan fingerprint density at radius 2 is 1.88 bits per heavy atom. The van der Waals surface area contributed by atoms with Gasteiger partial charge in [-0.1, -0.05) is 0 Å². The molecule has 2 aromatic rings. The quantitative estimate of drug-likeness (QED) is 0.899. The number of aryl methyl sites for hydroxylation is 2. The number of aromatic nitrogens is 4. The number of anilines is 1. The van der Waals surface area contributed by atoms with Gasteiger partial charge in [0, 0.05) is 43.4 Å². The van der Waals surface area contributed by atoms with Crippen molar-refractivity contribution in [2.24, 2.45) is 5.92 Å². The molecule has 2 aliphatic heterocycles. The molecule has 4 heterocycles. The van der Waals surface area contributed by atoms with Crippen LogP contribution in [0.25, 0.3) is 0 Å². The van der Waals surface area contributed by atoms with Crippen molar-refractivity contribution in [2.75, 3.05) is 24.5 Å². The zero-order valence-electron chi connectivity index (χ0n) is 14.8. The smallest absolute Gasteiger partial charge is 0.226 e. The van der Waals surface area contributed by atoms with E-state index in [0.29, 0.717) is 6.54 Å². The molecule has 0 atom stereocenters. The fourth-order valence-corrected chi connectivity index (χ4v) is 3.83. The average Bonchev–Trinajstić information content (AvgIpc) is 3.08. The number of rotatable bonds is 2. The maximum absolute atomic E-state index is 12.9. The Labute approximate surface area is 147 Å². The van der Waals surface area contributed by atoms with Gasteiger partial charge in [0.2, 0.25) is 11.9 Å². The van der Waals surface area contributed by atoms with Crippen LogP contribution in [0.3, 0.4) is 0 Å². The number of carbonyl (C=O) groups is 1. The fourth-order valence-electron chi connectivity index (χ4n) is 3.83. The van der Waals surface area contributed by atoms with Gasteiger partial charge in [-0.25, -0.2) is 15.0 Å². The van der Waals surface area contributed by atoms with E-state index in [4.69, 9.17) is 0 Å². The molecule has 2 aliphatic rings. The third-order valence-electron chi connectivity index (χ3n) is 5.18. The molecule has 0 bridgehead atoms. The van der Waals surface area contributed by atoms with Gasteiger partial charge in [-0.05, 0) is 32.8 Å². The van der Waals surface area contributed by atoms with E-state index < -0.39 is 0 Å². The van der Waals surface area contributed by atoms with Crippen molar-refractivity contribution >= 4 is 11.9 Å². The minimum absolute atomic E-state index is 0.103. The molecule has 0 aliphatic carbocycles. The molecule has 0 spiro atoms. The van der Waals surface area contributed by atoms with Crippen LogP contribution in [0, 0.1) is 19.8 Å². The second-order valence-corrected chi connectivity index (χ2v) is 7.05. The van der Waals surface area contributed by atoms with E-state index >= 15 is 0 Å². The number of nitrogens with zero attached hydrogens (tertiary/aromatic N) is 5. The summed E-state index contributed by atoms with van der Waals surface area (Å²) < 4.78 is 0. The molecule has 1 N–H and O–H groups in total. The van der Waals surface area contributed by atoms with Crippen LogP contribution in [0.2, 0.25) is 0 Å². The van der Waals surface area contributed by atoms with E-state index in [2.05, 4.69) is 24.8 Å². The summed E-state index contributed by atoms with van der Waals surface area (Å²) in [6, 6.07) is 1.99. The van der Waals surface area contributed by atoms with Crippen LogP contribution in [0.4, 0.5) is 5.95 Å². The third kappa shape index (κ3) is 3.23. The Morgan fingerprint density at radius 3 is 2.60 bits per heavy atom. The Balaban J connectivity index is 1.38. The van der Waals surface area contributed by atoms with Gasteiger partial charge in [0.15, 0.2) is 0 Å². The van der Waals surface area contributed by atoms with Crippen molar-refractivity contribution in [3.8, 4) is 0 Å². The number of piperidine rings is 1. The first-order valence-corrected chi connectivity index (χ1v) is 8.97. The molecular formula is C18H24N6O. The maximum atomic E-state index is 12.9. The standard InChI is InChI=1S/C18H24N6O/c1-12-9-13(2)22-18(21-12)23-6-3-14(4-7-23)17(25)24-8-5-15-16(10-24)20-11-19-15/h9,11,14H,3-8,10H2,1-2H3,(H,19,20). The number of fused-ring (bicyclic) bond motifs is 1. The molecule has 0 aromatic carbocycles. The van der Waals surface area contributed by atoms with Crippen LogP contribution in [0.5, 0.6) is 0 Å². The minimum atomic E-state index is 0.103. The molecular weight excluding hydrogens is 316 g/mol. The van der Waals surface area contributed by atoms with E-state index in [1.807, 2.05) is 24.8 Å². The molecule has 1 fully saturated rings. The first kappa shape index (κ1) is 16.1. The van der Waals surface area contributed by atoms with Crippen molar-refractivity contribution in [2.45, 2.75) is 39.7 Å². The lowest BCUT2D eigenvalue weighted by atomic mass is 9.94. The number of nitrogens with one attached hydrogen (secondary N) is 1. The number of imidazole rings is 1. The monoisotopic (exact) mass is 340 g/mol. The Hall–Kier alpha value is -2.44. The predicted octanol–water partition coefficient (Wildman–Crippen LogP) is 1.62. The fraction of sp³-hybridized carbons (Fsp3) is 0.556. The number of aromatic amines is 1. The van der Waals surface area contributed by atoms with Crippen LogP contribution in [0.15, 0.2) is 12.4 Å². The summed E-state index contributed by atoms with van der Waals surface area (Å²) in [6.45, 7) is 7.10. The van der Waals surface area contributed by atoms with Crippen LogP contribution in [-0.2, 0) is 17.8 Å². The van der Waals surface area contributed by atoms with Crippen molar-refractivity contribution in [3.63, 3.8) is 0 Å². The highest BCUT2D eigenvalue weighted by atomic mass is 16.2. The van der Waals surface area contributed by atoms with Gasteiger partial charge < -0.3 is 14.8 Å². The van der Waals surface area contributed by atoms with E-state index in [-0.39, 0.29) is 11.8 Å². The molecule has 132 valence electrons. The highest BCUT2D eigenvalue weighted by molar-refractivity contribution is 5.79. The average molecular weight is 340 g/mol. The normalized spacial score (nSPS) is 18.3. The highest BCUT2D eigenvalue weighted by Crippen LogP contribution is 2.25. The Kier molecular flexibility index (Phi) is 4.15. The second kappa shape index (κ2) is 6.46. The van der Waals surface area contributed by atoms with Crippen LogP contribution in [0.1, 0.15) is 35.6 Å². The van der Waals surface area contributed by atoms with E-state index in [0.717, 1.165) is 67.6 Å². The van der Waals surface area contributed by atoms with E-state index in [9.17, 15) is 4.79 Å². The number of H-pyrrole nitrogens is 1. The summed E-state index contributed by atoms with van der Waals surface area (Å²) in [5, 5.41) is 0. The third-order valence-corrected chi connectivity index (χ3v) is 5.18. The predicted molar refractivity (Wildman–Crippen MR) is 94.2 cm³/mol. The first-order chi connectivity index (χ1) is 12.1. The molecule has 0 radical (unpaired) electrons. The number of hydrogen-bond donors (Lipinski definition) is 1. The van der Waals surface area contributed by atoms with Crippen LogP contribution < -0.4 is 4.90 Å². The lowest BCUT2D eigenvalue weighted by Crippen LogP contribution is -2.44. The van der Waals surface area contributed by atoms with Crippen molar-refractivity contribution in [3.05, 3.63) is 35.2 Å². The molecule has 7 heteroatoms. The summed E-state index contributed by atoms with van der Waals surface area (Å²) in [7, 11) is 0.